The Labute approximate surface area is 148 Å². The number of nitrogens with zero attached hydrogens (tertiary/aromatic N) is 2. The molecule has 0 spiro atoms. The normalized spacial score (nSPS) is 16.8. The molecule has 1 rings (SSSR count). The van der Waals surface area contributed by atoms with Crippen LogP contribution in [0.25, 0.3) is 0 Å². The van der Waals surface area contributed by atoms with E-state index in [1.54, 1.807) is 0 Å². The zero-order valence-corrected chi connectivity index (χ0v) is 16.8. The molecule has 0 saturated heterocycles. The molecule has 0 bridgehead atoms. The van der Waals surface area contributed by atoms with Crippen LogP contribution >= 0.6 is 24.0 Å². The van der Waals surface area contributed by atoms with Gasteiger partial charge in [-0.05, 0) is 45.7 Å². The lowest BCUT2D eigenvalue weighted by Crippen LogP contribution is -2.46. The lowest BCUT2D eigenvalue weighted by atomic mass is 10.0. The number of rotatable bonds is 9. The summed E-state index contributed by atoms with van der Waals surface area (Å²) in [7, 11) is 4.36. The molecule has 0 aliphatic heterocycles. The van der Waals surface area contributed by atoms with Crippen LogP contribution in [0, 0.1) is 11.8 Å². The van der Waals surface area contributed by atoms with E-state index < -0.39 is 0 Å². The zero-order valence-electron chi connectivity index (χ0n) is 14.5. The van der Waals surface area contributed by atoms with Crippen molar-refractivity contribution in [1.29, 1.82) is 0 Å². The van der Waals surface area contributed by atoms with E-state index in [9.17, 15) is 0 Å². The molecule has 0 aromatic heterocycles. The van der Waals surface area contributed by atoms with Gasteiger partial charge in [0.1, 0.15) is 0 Å². The van der Waals surface area contributed by atoms with E-state index in [0.717, 1.165) is 31.5 Å². The first kappa shape index (κ1) is 21.0. The minimum atomic E-state index is 0. The average molecular weight is 410 g/mol. The van der Waals surface area contributed by atoms with Gasteiger partial charge in [-0.3, -0.25) is 4.99 Å². The van der Waals surface area contributed by atoms with E-state index >= 15 is 0 Å². The van der Waals surface area contributed by atoms with Crippen molar-refractivity contribution < 1.29 is 0 Å². The first-order valence-electron chi connectivity index (χ1n) is 8.30. The maximum absolute atomic E-state index is 4.74. The third-order valence-corrected chi connectivity index (χ3v) is 4.31. The molecule has 21 heavy (non-hydrogen) atoms. The molecule has 0 aromatic rings. The maximum atomic E-state index is 4.74. The summed E-state index contributed by atoms with van der Waals surface area (Å²) >= 11 is 0. The van der Waals surface area contributed by atoms with Gasteiger partial charge in [-0.1, -0.05) is 26.7 Å². The third kappa shape index (κ3) is 8.24. The number of nitrogens with one attached hydrogen (secondary N) is 2. The fourth-order valence-corrected chi connectivity index (χ4v) is 2.56. The van der Waals surface area contributed by atoms with Crippen molar-refractivity contribution >= 4 is 29.9 Å². The Balaban J connectivity index is 0.00000400. The van der Waals surface area contributed by atoms with Gasteiger partial charge in [0, 0.05) is 25.7 Å². The maximum Gasteiger partial charge on any atom is 0.191 e. The van der Waals surface area contributed by atoms with Gasteiger partial charge in [-0.25, -0.2) is 0 Å². The second-order valence-electron chi connectivity index (χ2n) is 6.15. The fraction of sp³-hybridized carbons (Fsp3) is 0.938. The molecule has 0 radical (unpaired) electrons. The molecular formula is C16H35IN4. The van der Waals surface area contributed by atoms with Crippen LogP contribution in [0.15, 0.2) is 4.99 Å². The van der Waals surface area contributed by atoms with Gasteiger partial charge in [-0.15, -0.1) is 24.0 Å². The second kappa shape index (κ2) is 11.5. The largest absolute Gasteiger partial charge is 0.357 e. The molecule has 1 atom stereocenters. The molecule has 0 aromatic carbocycles. The van der Waals surface area contributed by atoms with Crippen LogP contribution < -0.4 is 10.6 Å². The highest BCUT2D eigenvalue weighted by atomic mass is 127. The summed E-state index contributed by atoms with van der Waals surface area (Å²) in [6, 6.07) is 0.631. The Hall–Kier alpha value is -0.0400. The Kier molecular flexibility index (Phi) is 11.5. The first-order chi connectivity index (χ1) is 9.62. The van der Waals surface area contributed by atoms with Crippen molar-refractivity contribution in [2.75, 3.05) is 33.7 Å². The predicted octanol–water partition coefficient (Wildman–Crippen LogP) is 2.94. The van der Waals surface area contributed by atoms with Crippen molar-refractivity contribution in [2.45, 2.75) is 52.5 Å². The Morgan fingerprint density at radius 3 is 2.19 bits per heavy atom. The van der Waals surface area contributed by atoms with E-state index in [2.05, 4.69) is 50.4 Å². The molecule has 1 aliphatic rings. The van der Waals surface area contributed by atoms with E-state index in [0.29, 0.717) is 12.0 Å². The van der Waals surface area contributed by atoms with Gasteiger partial charge in [0.25, 0.3) is 0 Å². The molecule has 1 aliphatic carbocycles. The minimum Gasteiger partial charge on any atom is -0.357 e. The number of guanidine groups is 1. The van der Waals surface area contributed by atoms with Crippen molar-refractivity contribution in [3.8, 4) is 0 Å². The average Bonchev–Trinajstić information content (AvgIpc) is 3.24. The number of likely N-dealkylation sites (N-methyl/N-ethyl adjacent to an activating group) is 1. The second-order valence-corrected chi connectivity index (χ2v) is 6.15. The lowest BCUT2D eigenvalue weighted by Gasteiger charge is -2.25. The predicted molar refractivity (Wildman–Crippen MR) is 104 cm³/mol. The molecule has 0 amide bonds. The van der Waals surface area contributed by atoms with Gasteiger partial charge in [0.2, 0.25) is 0 Å². The third-order valence-electron chi connectivity index (χ3n) is 4.31. The van der Waals surface area contributed by atoms with Crippen molar-refractivity contribution in [3.05, 3.63) is 0 Å². The van der Waals surface area contributed by atoms with E-state index in [4.69, 9.17) is 4.99 Å². The highest BCUT2D eigenvalue weighted by Crippen LogP contribution is 2.34. The van der Waals surface area contributed by atoms with E-state index in [1.807, 2.05) is 0 Å². The Morgan fingerprint density at radius 1 is 1.14 bits per heavy atom. The highest BCUT2D eigenvalue weighted by Gasteiger charge is 2.32. The number of hydrogen-bond donors (Lipinski definition) is 2. The quantitative estimate of drug-likeness (QED) is 0.349. The lowest BCUT2D eigenvalue weighted by molar-refractivity contribution is 0.264. The van der Waals surface area contributed by atoms with E-state index in [-0.39, 0.29) is 24.0 Å². The molecule has 1 fully saturated rings. The van der Waals surface area contributed by atoms with Crippen molar-refractivity contribution in [3.63, 3.8) is 0 Å². The Morgan fingerprint density at radius 2 is 1.76 bits per heavy atom. The van der Waals surface area contributed by atoms with Crippen molar-refractivity contribution in [1.82, 2.24) is 15.5 Å². The molecule has 1 saturated carbocycles. The van der Waals surface area contributed by atoms with Crippen LogP contribution in [-0.2, 0) is 0 Å². The molecule has 126 valence electrons. The Bertz CT molecular complexity index is 284. The molecule has 4 nitrogen and oxygen atoms in total. The van der Waals surface area contributed by atoms with Gasteiger partial charge in [0.05, 0.1) is 0 Å². The van der Waals surface area contributed by atoms with Crippen molar-refractivity contribution in [2.24, 2.45) is 16.8 Å². The van der Waals surface area contributed by atoms with Crippen LogP contribution in [0.4, 0.5) is 0 Å². The van der Waals surface area contributed by atoms with Gasteiger partial charge in [0.15, 0.2) is 5.96 Å². The molecular weight excluding hydrogens is 375 g/mol. The summed E-state index contributed by atoms with van der Waals surface area (Å²) in [4.78, 5) is 7.08. The minimum absolute atomic E-state index is 0. The molecule has 5 heteroatoms. The SMILES string of the molecule is CCNC(=NCC(CC)CC)NCC(C1CC1)N(C)C.I. The summed E-state index contributed by atoms with van der Waals surface area (Å²) in [6.45, 7) is 9.46. The molecule has 1 unspecified atom stereocenters. The number of hydrogen-bond acceptors (Lipinski definition) is 2. The standard InChI is InChI=1S/C16H34N4.HI/c1-6-13(7-2)11-18-16(17-8-3)19-12-15(20(4)5)14-9-10-14;/h13-15H,6-12H2,1-5H3,(H2,17,18,19);1H. The van der Waals surface area contributed by atoms with Crippen LogP contribution in [0.1, 0.15) is 46.5 Å². The highest BCUT2D eigenvalue weighted by molar-refractivity contribution is 14.0. The molecule has 2 N–H and O–H groups in total. The summed E-state index contributed by atoms with van der Waals surface area (Å²) in [5.74, 6) is 2.56. The van der Waals surface area contributed by atoms with Crippen LogP contribution in [0.3, 0.4) is 0 Å². The van der Waals surface area contributed by atoms with Crippen LogP contribution in [0.5, 0.6) is 0 Å². The van der Waals surface area contributed by atoms with Gasteiger partial charge in [-0.2, -0.15) is 0 Å². The number of halogens is 1. The fourth-order valence-electron chi connectivity index (χ4n) is 2.56. The topological polar surface area (TPSA) is 39.7 Å². The first-order valence-corrected chi connectivity index (χ1v) is 8.30. The number of aliphatic imine (C=N–C) groups is 1. The van der Waals surface area contributed by atoms with Gasteiger partial charge < -0.3 is 15.5 Å². The van der Waals surface area contributed by atoms with Gasteiger partial charge >= 0.3 is 0 Å². The van der Waals surface area contributed by atoms with E-state index in [1.165, 1.54) is 25.7 Å². The monoisotopic (exact) mass is 410 g/mol. The smallest absolute Gasteiger partial charge is 0.191 e. The van der Waals surface area contributed by atoms with Crippen LogP contribution in [-0.4, -0.2) is 50.6 Å². The zero-order chi connectivity index (χ0) is 15.0. The van der Waals surface area contributed by atoms with Crippen LogP contribution in [0.2, 0.25) is 0 Å². The summed E-state index contributed by atoms with van der Waals surface area (Å²) in [5.41, 5.74) is 0. The summed E-state index contributed by atoms with van der Waals surface area (Å²) < 4.78 is 0. The summed E-state index contributed by atoms with van der Waals surface area (Å²) in [6.07, 6.45) is 5.18. The summed E-state index contributed by atoms with van der Waals surface area (Å²) in [5, 5.41) is 6.88. The molecule has 0 heterocycles.